The number of hydrogen-bond acceptors (Lipinski definition) is 4. The summed E-state index contributed by atoms with van der Waals surface area (Å²) in [5, 5.41) is 1.90. The molecular formula is C10H8N2OS. The molecule has 0 aliphatic heterocycles. The first-order valence-electron chi connectivity index (χ1n) is 4.14. The van der Waals surface area contributed by atoms with Gasteiger partial charge >= 0.3 is 0 Å². The summed E-state index contributed by atoms with van der Waals surface area (Å²) in [5.41, 5.74) is 1.12. The molecule has 0 unspecified atom stereocenters. The van der Waals surface area contributed by atoms with E-state index in [4.69, 9.17) is 0 Å². The van der Waals surface area contributed by atoms with Gasteiger partial charge in [-0.1, -0.05) is 0 Å². The van der Waals surface area contributed by atoms with Crippen LogP contribution in [0.5, 0.6) is 0 Å². The molecule has 2 heterocycles. The highest BCUT2D eigenvalue weighted by Gasteiger charge is 2.13. The third-order valence-corrected chi connectivity index (χ3v) is 2.74. The van der Waals surface area contributed by atoms with E-state index in [0.29, 0.717) is 5.69 Å². The van der Waals surface area contributed by atoms with E-state index < -0.39 is 0 Å². The van der Waals surface area contributed by atoms with Gasteiger partial charge in [0.25, 0.3) is 0 Å². The highest BCUT2D eigenvalue weighted by molar-refractivity contribution is 7.10. The average molecular weight is 204 g/mol. The van der Waals surface area contributed by atoms with Gasteiger partial charge in [0.15, 0.2) is 0 Å². The number of aryl methyl sites for hydroxylation is 1. The fraction of sp³-hybridized carbons (Fsp3) is 0.100. The maximum Gasteiger partial charge on any atom is 0.214 e. The summed E-state index contributed by atoms with van der Waals surface area (Å²) in [6.45, 7) is 1.92. The van der Waals surface area contributed by atoms with Crippen LogP contribution in [0.25, 0.3) is 0 Å². The summed E-state index contributed by atoms with van der Waals surface area (Å²) in [6.07, 6.45) is 4.56. The molecule has 0 radical (unpaired) electrons. The minimum atomic E-state index is -0.0585. The van der Waals surface area contributed by atoms with Gasteiger partial charge in [0.1, 0.15) is 5.69 Å². The van der Waals surface area contributed by atoms with Crippen molar-refractivity contribution in [3.8, 4) is 0 Å². The van der Waals surface area contributed by atoms with Crippen molar-refractivity contribution >= 4 is 17.1 Å². The van der Waals surface area contributed by atoms with Gasteiger partial charge in [-0.3, -0.25) is 9.78 Å². The van der Waals surface area contributed by atoms with Crippen molar-refractivity contribution in [3.63, 3.8) is 0 Å². The molecule has 0 aromatic carbocycles. The number of carbonyl (C=O) groups is 1. The first-order chi connectivity index (χ1) is 6.79. The van der Waals surface area contributed by atoms with E-state index in [1.165, 1.54) is 12.4 Å². The zero-order valence-electron chi connectivity index (χ0n) is 7.60. The monoisotopic (exact) mass is 204 g/mol. The van der Waals surface area contributed by atoms with Crippen LogP contribution in [-0.4, -0.2) is 15.8 Å². The van der Waals surface area contributed by atoms with Gasteiger partial charge in [-0.15, -0.1) is 11.3 Å². The van der Waals surface area contributed by atoms with Gasteiger partial charge in [-0.05, 0) is 18.4 Å². The number of thiophene rings is 1. The van der Waals surface area contributed by atoms with Crippen LogP contribution >= 0.6 is 11.3 Å². The topological polar surface area (TPSA) is 42.9 Å². The number of hydrogen-bond donors (Lipinski definition) is 0. The molecule has 70 valence electrons. The van der Waals surface area contributed by atoms with Gasteiger partial charge in [0, 0.05) is 22.8 Å². The summed E-state index contributed by atoms with van der Waals surface area (Å²) in [6, 6.07) is 1.82. The molecule has 2 aromatic heterocycles. The molecule has 3 nitrogen and oxygen atoms in total. The molecule has 4 heteroatoms. The zero-order chi connectivity index (χ0) is 9.97. The standard InChI is InChI=1S/C10H8N2OS/c1-7-8(2-5-14-7)10(13)9-6-11-3-4-12-9/h2-6H,1H3. The van der Waals surface area contributed by atoms with Crippen molar-refractivity contribution in [2.24, 2.45) is 0 Å². The van der Waals surface area contributed by atoms with Crippen LogP contribution in [0, 0.1) is 6.92 Å². The van der Waals surface area contributed by atoms with Crippen molar-refractivity contribution in [3.05, 3.63) is 46.2 Å². The predicted molar refractivity (Wildman–Crippen MR) is 54.5 cm³/mol. The lowest BCUT2D eigenvalue weighted by molar-refractivity contribution is 0.103. The summed E-state index contributed by atoms with van der Waals surface area (Å²) < 4.78 is 0. The van der Waals surface area contributed by atoms with Gasteiger partial charge in [0.2, 0.25) is 5.78 Å². The minimum absolute atomic E-state index is 0.0585. The molecule has 0 aliphatic rings. The maximum atomic E-state index is 11.8. The Bertz CT molecular complexity index is 450. The molecular weight excluding hydrogens is 196 g/mol. The molecule has 0 fully saturated rings. The van der Waals surface area contributed by atoms with Crippen LogP contribution in [-0.2, 0) is 0 Å². The van der Waals surface area contributed by atoms with Crippen molar-refractivity contribution in [2.75, 3.05) is 0 Å². The lowest BCUT2D eigenvalue weighted by Crippen LogP contribution is -2.04. The molecule has 14 heavy (non-hydrogen) atoms. The summed E-state index contributed by atoms with van der Waals surface area (Å²) in [4.78, 5) is 20.7. The predicted octanol–water partition coefficient (Wildman–Crippen LogP) is 2.08. The van der Waals surface area contributed by atoms with E-state index in [9.17, 15) is 4.79 Å². The molecule has 2 rings (SSSR count). The van der Waals surface area contributed by atoms with E-state index in [-0.39, 0.29) is 5.78 Å². The van der Waals surface area contributed by atoms with Crippen molar-refractivity contribution < 1.29 is 4.79 Å². The summed E-state index contributed by atoms with van der Waals surface area (Å²) >= 11 is 1.56. The number of carbonyl (C=O) groups excluding carboxylic acids is 1. The van der Waals surface area contributed by atoms with E-state index in [2.05, 4.69) is 9.97 Å². The first kappa shape index (κ1) is 9.02. The van der Waals surface area contributed by atoms with Gasteiger partial charge in [-0.25, -0.2) is 4.98 Å². The lowest BCUT2D eigenvalue weighted by Gasteiger charge is -1.97. The fourth-order valence-corrected chi connectivity index (χ4v) is 1.87. The Labute approximate surface area is 85.5 Å². The van der Waals surface area contributed by atoms with Crippen LogP contribution in [0.1, 0.15) is 20.9 Å². The number of nitrogens with zero attached hydrogens (tertiary/aromatic N) is 2. The first-order valence-corrected chi connectivity index (χ1v) is 5.02. The Morgan fingerprint density at radius 2 is 2.29 bits per heavy atom. The second kappa shape index (κ2) is 3.67. The minimum Gasteiger partial charge on any atom is -0.287 e. The van der Waals surface area contributed by atoms with E-state index in [0.717, 1.165) is 10.4 Å². The molecule has 0 N–H and O–H groups in total. The van der Waals surface area contributed by atoms with Crippen LogP contribution in [0.3, 0.4) is 0 Å². The highest BCUT2D eigenvalue weighted by Crippen LogP contribution is 2.17. The molecule has 0 aliphatic carbocycles. The second-order valence-electron chi connectivity index (χ2n) is 2.81. The normalized spacial score (nSPS) is 10.1. The Morgan fingerprint density at radius 3 is 2.86 bits per heavy atom. The fourth-order valence-electron chi connectivity index (χ4n) is 1.17. The molecule has 0 spiro atoms. The Balaban J connectivity index is 2.39. The van der Waals surface area contributed by atoms with Crippen LogP contribution in [0.15, 0.2) is 30.0 Å². The lowest BCUT2D eigenvalue weighted by atomic mass is 10.1. The van der Waals surface area contributed by atoms with E-state index >= 15 is 0 Å². The number of rotatable bonds is 2. The molecule has 0 saturated carbocycles. The average Bonchev–Trinajstić information content (AvgIpc) is 2.65. The highest BCUT2D eigenvalue weighted by atomic mass is 32.1. The third-order valence-electron chi connectivity index (χ3n) is 1.90. The number of ketones is 1. The van der Waals surface area contributed by atoms with E-state index in [1.54, 1.807) is 17.5 Å². The zero-order valence-corrected chi connectivity index (χ0v) is 8.41. The summed E-state index contributed by atoms with van der Waals surface area (Å²) in [5.74, 6) is -0.0585. The van der Waals surface area contributed by atoms with Gasteiger partial charge < -0.3 is 0 Å². The SMILES string of the molecule is Cc1sccc1C(=O)c1cnccn1. The second-order valence-corrected chi connectivity index (χ2v) is 3.93. The van der Waals surface area contributed by atoms with Crippen LogP contribution < -0.4 is 0 Å². The largest absolute Gasteiger partial charge is 0.287 e. The molecule has 2 aromatic rings. The van der Waals surface area contributed by atoms with Crippen molar-refractivity contribution in [1.29, 1.82) is 0 Å². The van der Waals surface area contributed by atoms with Gasteiger partial charge in [-0.2, -0.15) is 0 Å². The van der Waals surface area contributed by atoms with Crippen molar-refractivity contribution in [1.82, 2.24) is 9.97 Å². The van der Waals surface area contributed by atoms with Crippen molar-refractivity contribution in [2.45, 2.75) is 6.92 Å². The quantitative estimate of drug-likeness (QED) is 0.703. The Kier molecular flexibility index (Phi) is 2.37. The summed E-state index contributed by atoms with van der Waals surface area (Å²) in [7, 11) is 0. The molecule has 0 bridgehead atoms. The smallest absolute Gasteiger partial charge is 0.214 e. The molecule has 0 atom stereocenters. The maximum absolute atomic E-state index is 11.8. The number of aromatic nitrogens is 2. The third kappa shape index (κ3) is 1.56. The molecule has 0 amide bonds. The Morgan fingerprint density at radius 1 is 1.43 bits per heavy atom. The van der Waals surface area contributed by atoms with Gasteiger partial charge in [0.05, 0.1) is 6.20 Å². The Hall–Kier alpha value is -1.55. The van der Waals surface area contributed by atoms with E-state index in [1.807, 2.05) is 18.4 Å². The van der Waals surface area contributed by atoms with Crippen LogP contribution in [0.2, 0.25) is 0 Å². The molecule has 0 saturated heterocycles. The van der Waals surface area contributed by atoms with Crippen LogP contribution in [0.4, 0.5) is 0 Å².